The van der Waals surface area contributed by atoms with Gasteiger partial charge in [0.25, 0.3) is 5.69 Å². The molecule has 4 N–H and O–H groups in total. The predicted molar refractivity (Wildman–Crippen MR) is 70.6 cm³/mol. The van der Waals surface area contributed by atoms with Crippen molar-refractivity contribution in [3.8, 4) is 0 Å². The van der Waals surface area contributed by atoms with Crippen molar-refractivity contribution in [2.75, 3.05) is 23.9 Å². The van der Waals surface area contributed by atoms with E-state index in [1.165, 1.54) is 12.1 Å². The van der Waals surface area contributed by atoms with Gasteiger partial charge in [0.05, 0.1) is 23.6 Å². The Morgan fingerprint density at radius 1 is 1.42 bits per heavy atom. The number of carbonyl (C=O) groups is 1. The number of esters is 1. The predicted octanol–water partition coefficient (Wildman–Crippen LogP) is 1.25. The molecule has 0 aromatic heterocycles. The average molecular weight is 268 g/mol. The van der Waals surface area contributed by atoms with Crippen molar-refractivity contribution in [2.45, 2.75) is 13.3 Å². The van der Waals surface area contributed by atoms with Crippen LogP contribution < -0.4 is 16.6 Å². The minimum atomic E-state index is -0.517. The highest BCUT2D eigenvalue weighted by Gasteiger charge is 2.09. The number of nitro benzene ring substituents is 1. The lowest BCUT2D eigenvalue weighted by Gasteiger charge is -2.08. The Hall–Kier alpha value is -2.35. The quantitative estimate of drug-likeness (QED) is 0.294. The molecule has 0 heterocycles. The molecule has 0 amide bonds. The van der Waals surface area contributed by atoms with Gasteiger partial charge in [-0.3, -0.25) is 20.8 Å². The maximum atomic E-state index is 11.1. The smallest absolute Gasteiger partial charge is 0.307 e. The van der Waals surface area contributed by atoms with Gasteiger partial charge >= 0.3 is 5.97 Å². The summed E-state index contributed by atoms with van der Waals surface area (Å²) in [4.78, 5) is 21.3. The number of carbonyl (C=O) groups excluding carboxylic acids is 1. The SMILES string of the molecule is CCOC(=O)CCNc1cc(NN)cc([N+](=O)[O-])c1. The fraction of sp³-hybridized carbons (Fsp3) is 0.364. The number of hydrogen-bond acceptors (Lipinski definition) is 7. The van der Waals surface area contributed by atoms with Gasteiger partial charge < -0.3 is 15.5 Å². The van der Waals surface area contributed by atoms with Crippen LogP contribution in [0, 0.1) is 10.1 Å². The molecule has 1 aromatic carbocycles. The number of benzene rings is 1. The summed E-state index contributed by atoms with van der Waals surface area (Å²) in [6.45, 7) is 2.38. The van der Waals surface area contributed by atoms with Gasteiger partial charge in [-0.15, -0.1) is 0 Å². The topological polar surface area (TPSA) is 120 Å². The van der Waals surface area contributed by atoms with Crippen molar-refractivity contribution >= 4 is 23.0 Å². The first-order valence-corrected chi connectivity index (χ1v) is 5.72. The van der Waals surface area contributed by atoms with E-state index < -0.39 is 4.92 Å². The molecule has 0 aliphatic heterocycles. The number of hydrazine groups is 1. The molecule has 0 spiro atoms. The van der Waals surface area contributed by atoms with E-state index in [0.29, 0.717) is 24.5 Å². The van der Waals surface area contributed by atoms with Gasteiger partial charge in [0.1, 0.15) is 0 Å². The first kappa shape index (κ1) is 14.7. The molecule has 0 aliphatic carbocycles. The molecule has 1 rings (SSSR count). The van der Waals surface area contributed by atoms with Crippen molar-refractivity contribution < 1.29 is 14.5 Å². The van der Waals surface area contributed by atoms with Gasteiger partial charge in [-0.05, 0) is 13.0 Å². The third-order valence-corrected chi connectivity index (χ3v) is 2.26. The molecule has 8 nitrogen and oxygen atoms in total. The molecule has 0 saturated heterocycles. The normalized spacial score (nSPS) is 9.79. The molecule has 0 bridgehead atoms. The Bertz CT molecular complexity index is 464. The minimum absolute atomic E-state index is 0.0888. The second-order valence-corrected chi connectivity index (χ2v) is 3.65. The fourth-order valence-corrected chi connectivity index (χ4v) is 1.44. The standard InChI is InChI=1S/C11H16N4O4/c1-2-19-11(16)3-4-13-8-5-9(14-12)7-10(6-8)15(17)18/h5-7,13-14H,2-4,12H2,1H3. The Kier molecular flexibility index (Phi) is 5.55. The van der Waals surface area contributed by atoms with Crippen LogP contribution in [0.3, 0.4) is 0 Å². The maximum Gasteiger partial charge on any atom is 0.307 e. The zero-order chi connectivity index (χ0) is 14.3. The third kappa shape index (κ3) is 4.80. The first-order valence-electron chi connectivity index (χ1n) is 5.72. The van der Waals surface area contributed by atoms with E-state index in [1.807, 2.05) is 0 Å². The number of non-ortho nitro benzene ring substituents is 1. The number of anilines is 2. The van der Waals surface area contributed by atoms with E-state index in [9.17, 15) is 14.9 Å². The van der Waals surface area contributed by atoms with Crippen molar-refractivity contribution in [3.63, 3.8) is 0 Å². The molecule has 1 aromatic rings. The van der Waals surface area contributed by atoms with Crippen LogP contribution in [0.2, 0.25) is 0 Å². The van der Waals surface area contributed by atoms with Crippen LogP contribution in [-0.4, -0.2) is 24.0 Å². The Morgan fingerprint density at radius 3 is 2.68 bits per heavy atom. The van der Waals surface area contributed by atoms with Gasteiger partial charge in [0, 0.05) is 24.4 Å². The summed E-state index contributed by atoms with van der Waals surface area (Å²) in [7, 11) is 0. The fourth-order valence-electron chi connectivity index (χ4n) is 1.44. The van der Waals surface area contributed by atoms with Gasteiger partial charge in [0.2, 0.25) is 0 Å². The summed E-state index contributed by atoms with van der Waals surface area (Å²) in [5.74, 6) is 4.91. The number of nitrogens with two attached hydrogens (primary N) is 1. The van der Waals surface area contributed by atoms with Gasteiger partial charge in [-0.1, -0.05) is 0 Å². The van der Waals surface area contributed by atoms with E-state index in [4.69, 9.17) is 10.6 Å². The van der Waals surface area contributed by atoms with Crippen molar-refractivity contribution in [2.24, 2.45) is 5.84 Å². The summed E-state index contributed by atoms with van der Waals surface area (Å²) in [5, 5.41) is 13.6. The van der Waals surface area contributed by atoms with Crippen LogP contribution >= 0.6 is 0 Å². The molecule has 0 saturated carbocycles. The third-order valence-electron chi connectivity index (χ3n) is 2.26. The number of nitrogens with zero attached hydrogens (tertiary/aromatic N) is 1. The number of ether oxygens (including phenoxy) is 1. The molecule has 8 heteroatoms. The largest absolute Gasteiger partial charge is 0.466 e. The lowest BCUT2D eigenvalue weighted by Crippen LogP contribution is -2.12. The Labute approximate surface area is 110 Å². The van der Waals surface area contributed by atoms with E-state index in [-0.39, 0.29) is 18.1 Å². The highest BCUT2D eigenvalue weighted by molar-refractivity contribution is 5.70. The van der Waals surface area contributed by atoms with Crippen LogP contribution in [0.4, 0.5) is 17.1 Å². The van der Waals surface area contributed by atoms with Crippen LogP contribution in [0.1, 0.15) is 13.3 Å². The number of hydrogen-bond donors (Lipinski definition) is 3. The monoisotopic (exact) mass is 268 g/mol. The molecule has 0 unspecified atom stereocenters. The molecular weight excluding hydrogens is 252 g/mol. The van der Waals surface area contributed by atoms with Crippen LogP contribution in [0.25, 0.3) is 0 Å². The molecule has 0 fully saturated rings. The van der Waals surface area contributed by atoms with Crippen LogP contribution in [-0.2, 0) is 9.53 Å². The minimum Gasteiger partial charge on any atom is -0.466 e. The maximum absolute atomic E-state index is 11.1. The highest BCUT2D eigenvalue weighted by atomic mass is 16.6. The van der Waals surface area contributed by atoms with Gasteiger partial charge in [0.15, 0.2) is 0 Å². The Morgan fingerprint density at radius 2 is 2.11 bits per heavy atom. The number of rotatable bonds is 7. The lowest BCUT2D eigenvalue weighted by molar-refractivity contribution is -0.384. The van der Waals surface area contributed by atoms with Crippen LogP contribution in [0.5, 0.6) is 0 Å². The highest BCUT2D eigenvalue weighted by Crippen LogP contribution is 2.23. The molecule has 19 heavy (non-hydrogen) atoms. The second-order valence-electron chi connectivity index (χ2n) is 3.65. The number of nitrogen functional groups attached to an aromatic ring is 1. The number of nitro groups is 1. The molecular formula is C11H16N4O4. The van der Waals surface area contributed by atoms with E-state index >= 15 is 0 Å². The van der Waals surface area contributed by atoms with Crippen molar-refractivity contribution in [1.82, 2.24) is 0 Å². The molecule has 0 radical (unpaired) electrons. The average Bonchev–Trinajstić information content (AvgIpc) is 2.38. The van der Waals surface area contributed by atoms with Gasteiger partial charge in [-0.25, -0.2) is 0 Å². The van der Waals surface area contributed by atoms with E-state index in [2.05, 4.69) is 10.7 Å². The summed E-state index contributed by atoms with van der Waals surface area (Å²) < 4.78 is 4.77. The van der Waals surface area contributed by atoms with E-state index in [0.717, 1.165) is 0 Å². The van der Waals surface area contributed by atoms with Crippen LogP contribution in [0.15, 0.2) is 18.2 Å². The molecule has 104 valence electrons. The van der Waals surface area contributed by atoms with Crippen molar-refractivity contribution in [1.29, 1.82) is 0 Å². The molecule has 0 aliphatic rings. The lowest BCUT2D eigenvalue weighted by atomic mass is 10.2. The zero-order valence-electron chi connectivity index (χ0n) is 10.5. The van der Waals surface area contributed by atoms with Gasteiger partial charge in [-0.2, -0.15) is 0 Å². The summed E-state index contributed by atoms with van der Waals surface area (Å²) in [6, 6.07) is 4.29. The first-order chi connectivity index (χ1) is 9.06. The summed E-state index contributed by atoms with van der Waals surface area (Å²) >= 11 is 0. The second kappa shape index (κ2) is 7.17. The van der Waals surface area contributed by atoms with E-state index in [1.54, 1.807) is 13.0 Å². The molecule has 0 atom stereocenters. The van der Waals surface area contributed by atoms with Crippen molar-refractivity contribution in [3.05, 3.63) is 28.3 Å². The zero-order valence-corrected chi connectivity index (χ0v) is 10.5. The summed E-state index contributed by atoms with van der Waals surface area (Å²) in [5.41, 5.74) is 3.17. The number of nitrogens with one attached hydrogen (secondary N) is 2. The Balaban J connectivity index is 2.64. The summed E-state index contributed by atoms with van der Waals surface area (Å²) in [6.07, 6.45) is 0.182.